The quantitative estimate of drug-likeness (QED) is 0.637. The molecule has 0 aliphatic carbocycles. The summed E-state index contributed by atoms with van der Waals surface area (Å²) in [5.74, 6) is 0.00973. The van der Waals surface area contributed by atoms with Crippen LogP contribution in [0.15, 0.2) is 12.1 Å². The minimum Gasteiger partial charge on any atom is -0.312 e. The molecule has 0 amide bonds. The molecule has 108 valence electrons. The van der Waals surface area contributed by atoms with E-state index in [4.69, 9.17) is 34.8 Å². The molecule has 0 fully saturated rings. The Hall–Kier alpha value is -0.0400. The lowest BCUT2D eigenvalue weighted by molar-refractivity contribution is 0.517. The first kappa shape index (κ1) is 17.0. The van der Waals surface area contributed by atoms with E-state index in [9.17, 15) is 8.42 Å². The van der Waals surface area contributed by atoms with E-state index in [0.29, 0.717) is 33.7 Å². The second-order valence-corrected chi connectivity index (χ2v) is 7.59. The fourth-order valence-corrected chi connectivity index (χ4v) is 2.78. The zero-order chi connectivity index (χ0) is 14.6. The van der Waals surface area contributed by atoms with Crippen LogP contribution in [0.1, 0.15) is 5.56 Å². The molecule has 0 aliphatic heterocycles. The Bertz CT molecular complexity index is 547. The molecule has 0 heterocycles. The second-order valence-electron chi connectivity index (χ2n) is 4.10. The lowest BCUT2D eigenvalue weighted by Gasteiger charge is -2.13. The average molecular weight is 346 g/mol. The molecule has 0 atom stereocenters. The molecule has 1 rings (SSSR count). The zero-order valence-corrected chi connectivity index (χ0v) is 13.7. The molecular weight excluding hydrogens is 331 g/mol. The van der Waals surface area contributed by atoms with Gasteiger partial charge < -0.3 is 5.32 Å². The van der Waals surface area contributed by atoms with E-state index in [2.05, 4.69) is 5.32 Å². The molecule has 1 aromatic carbocycles. The van der Waals surface area contributed by atoms with Gasteiger partial charge in [-0.2, -0.15) is 0 Å². The predicted molar refractivity (Wildman–Crippen MR) is 80.7 cm³/mol. The number of sulfonamides is 1. The smallest absolute Gasteiger partial charge is 0.214 e. The molecule has 0 radical (unpaired) electrons. The monoisotopic (exact) mass is 344 g/mol. The van der Waals surface area contributed by atoms with Crippen molar-refractivity contribution in [1.82, 2.24) is 9.62 Å². The van der Waals surface area contributed by atoms with Crippen LogP contribution in [0, 0.1) is 0 Å². The third-order valence-electron chi connectivity index (χ3n) is 2.53. The maximum absolute atomic E-state index is 11.5. The fourth-order valence-electron chi connectivity index (χ4n) is 1.33. The molecule has 0 saturated carbocycles. The van der Waals surface area contributed by atoms with Crippen molar-refractivity contribution < 1.29 is 8.42 Å². The summed E-state index contributed by atoms with van der Waals surface area (Å²) in [4.78, 5) is 0. The molecule has 1 N–H and O–H groups in total. The number of halogens is 3. The highest BCUT2D eigenvalue weighted by Gasteiger charge is 2.13. The number of hydrogen-bond donors (Lipinski definition) is 1. The molecule has 0 saturated heterocycles. The van der Waals surface area contributed by atoms with E-state index < -0.39 is 10.0 Å². The van der Waals surface area contributed by atoms with Gasteiger partial charge in [0.05, 0.1) is 15.8 Å². The van der Waals surface area contributed by atoms with Gasteiger partial charge in [-0.05, 0) is 12.1 Å². The Morgan fingerprint density at radius 3 is 2.32 bits per heavy atom. The van der Waals surface area contributed by atoms with Gasteiger partial charge >= 0.3 is 0 Å². The molecule has 0 aliphatic rings. The molecule has 0 bridgehead atoms. The molecule has 1 aromatic rings. The van der Waals surface area contributed by atoms with Crippen LogP contribution < -0.4 is 5.32 Å². The second kappa shape index (κ2) is 7.11. The Morgan fingerprint density at radius 1 is 1.16 bits per heavy atom. The summed E-state index contributed by atoms with van der Waals surface area (Å²) >= 11 is 17.9. The summed E-state index contributed by atoms with van der Waals surface area (Å²) in [5, 5.41) is 4.29. The lowest BCUT2D eigenvalue weighted by Crippen LogP contribution is -2.31. The minimum absolute atomic E-state index is 0.00973. The van der Waals surface area contributed by atoms with E-state index in [0.717, 1.165) is 0 Å². The van der Waals surface area contributed by atoms with Crippen molar-refractivity contribution >= 4 is 44.8 Å². The van der Waals surface area contributed by atoms with Gasteiger partial charge in [0.15, 0.2) is 0 Å². The Balaban J connectivity index is 2.58. The largest absolute Gasteiger partial charge is 0.312 e. The van der Waals surface area contributed by atoms with Crippen LogP contribution in [-0.2, 0) is 16.6 Å². The normalized spacial score (nSPS) is 12.1. The summed E-state index contributed by atoms with van der Waals surface area (Å²) in [7, 11) is -0.202. The van der Waals surface area contributed by atoms with Crippen molar-refractivity contribution in [3.8, 4) is 0 Å². The molecule has 8 heteroatoms. The predicted octanol–water partition coefficient (Wildman–Crippen LogP) is 2.63. The standard InChI is InChI=1S/C11H15Cl3N2O2S/c1-16(2)19(17,18)6-5-15-7-8-9(12)3-4-10(13)11(8)14/h3-4,15H,5-7H2,1-2H3. The first-order chi connectivity index (χ1) is 8.75. The van der Waals surface area contributed by atoms with Crippen LogP contribution >= 0.6 is 34.8 Å². The topological polar surface area (TPSA) is 49.4 Å². The first-order valence-electron chi connectivity index (χ1n) is 5.49. The van der Waals surface area contributed by atoms with Crippen LogP contribution in [0.2, 0.25) is 15.1 Å². The summed E-state index contributed by atoms with van der Waals surface area (Å²) in [6.45, 7) is 0.668. The van der Waals surface area contributed by atoms with Crippen LogP contribution in [0.5, 0.6) is 0 Å². The van der Waals surface area contributed by atoms with E-state index in [1.54, 1.807) is 12.1 Å². The molecule has 0 aromatic heterocycles. The zero-order valence-electron chi connectivity index (χ0n) is 10.6. The summed E-state index contributed by atoms with van der Waals surface area (Å²) < 4.78 is 24.3. The van der Waals surface area contributed by atoms with E-state index in [1.807, 2.05) is 0 Å². The van der Waals surface area contributed by atoms with Gasteiger partial charge in [-0.1, -0.05) is 34.8 Å². The van der Waals surface area contributed by atoms with Gasteiger partial charge in [-0.3, -0.25) is 0 Å². The van der Waals surface area contributed by atoms with Crippen LogP contribution in [0.4, 0.5) is 0 Å². The third-order valence-corrected chi connectivity index (χ3v) is 5.56. The van der Waals surface area contributed by atoms with Crippen LogP contribution in [-0.4, -0.2) is 39.1 Å². The van der Waals surface area contributed by atoms with E-state index >= 15 is 0 Å². The van der Waals surface area contributed by atoms with Crippen LogP contribution in [0.25, 0.3) is 0 Å². The van der Waals surface area contributed by atoms with Gasteiger partial charge in [0.25, 0.3) is 0 Å². The summed E-state index contributed by atoms with van der Waals surface area (Å²) in [5.41, 5.74) is 0.665. The first-order valence-corrected chi connectivity index (χ1v) is 8.23. The molecule has 19 heavy (non-hydrogen) atoms. The molecule has 0 unspecified atom stereocenters. The van der Waals surface area contributed by atoms with Crippen molar-refractivity contribution in [3.05, 3.63) is 32.8 Å². The average Bonchev–Trinajstić information content (AvgIpc) is 2.33. The molecular formula is C11H15Cl3N2O2S. The van der Waals surface area contributed by atoms with Crippen molar-refractivity contribution in [1.29, 1.82) is 0 Å². The highest BCUT2D eigenvalue weighted by Crippen LogP contribution is 2.31. The van der Waals surface area contributed by atoms with E-state index in [-0.39, 0.29) is 5.75 Å². The number of benzene rings is 1. The summed E-state index contributed by atoms with van der Waals surface area (Å²) in [6.07, 6.45) is 0. The SMILES string of the molecule is CN(C)S(=O)(=O)CCNCc1c(Cl)ccc(Cl)c1Cl. The van der Waals surface area contributed by atoms with Crippen molar-refractivity contribution in [3.63, 3.8) is 0 Å². The maximum Gasteiger partial charge on any atom is 0.214 e. The van der Waals surface area contributed by atoms with Gasteiger partial charge in [0.2, 0.25) is 10.0 Å². The molecule has 0 spiro atoms. The number of nitrogens with zero attached hydrogens (tertiary/aromatic N) is 1. The third kappa shape index (κ3) is 4.77. The van der Waals surface area contributed by atoms with E-state index in [1.165, 1.54) is 18.4 Å². The van der Waals surface area contributed by atoms with Crippen molar-refractivity contribution in [2.75, 3.05) is 26.4 Å². The number of nitrogens with one attached hydrogen (secondary N) is 1. The molecule has 4 nitrogen and oxygen atoms in total. The van der Waals surface area contributed by atoms with Gasteiger partial charge in [0.1, 0.15) is 0 Å². The van der Waals surface area contributed by atoms with Crippen LogP contribution in [0.3, 0.4) is 0 Å². The fraction of sp³-hybridized carbons (Fsp3) is 0.455. The Morgan fingerprint density at radius 2 is 1.74 bits per heavy atom. The van der Waals surface area contributed by atoms with Crippen molar-refractivity contribution in [2.45, 2.75) is 6.54 Å². The Labute approximate surface area is 128 Å². The van der Waals surface area contributed by atoms with Gasteiger partial charge in [0, 0.05) is 37.8 Å². The highest BCUT2D eigenvalue weighted by molar-refractivity contribution is 7.89. The maximum atomic E-state index is 11.5. The Kier molecular flexibility index (Phi) is 6.36. The van der Waals surface area contributed by atoms with Gasteiger partial charge in [-0.25, -0.2) is 12.7 Å². The lowest BCUT2D eigenvalue weighted by atomic mass is 10.2. The number of hydrogen-bond acceptors (Lipinski definition) is 3. The number of rotatable bonds is 6. The highest BCUT2D eigenvalue weighted by atomic mass is 35.5. The minimum atomic E-state index is -3.20. The summed E-state index contributed by atoms with van der Waals surface area (Å²) in [6, 6.07) is 3.27. The van der Waals surface area contributed by atoms with Crippen molar-refractivity contribution in [2.24, 2.45) is 0 Å². The van der Waals surface area contributed by atoms with Gasteiger partial charge in [-0.15, -0.1) is 0 Å².